The molecular formula is C43H62O9Si. The van der Waals surface area contributed by atoms with Crippen molar-refractivity contribution >= 4 is 14.1 Å². The Bertz CT molecular complexity index is 1500. The van der Waals surface area contributed by atoms with Crippen LogP contribution in [0.15, 0.2) is 72.8 Å². The minimum atomic E-state index is -2.31. The van der Waals surface area contributed by atoms with E-state index in [1.54, 1.807) is 28.3 Å². The van der Waals surface area contributed by atoms with Gasteiger partial charge in [0.25, 0.3) is 0 Å². The van der Waals surface area contributed by atoms with Gasteiger partial charge in [-0.25, -0.2) is 0 Å². The molecule has 0 spiro atoms. The summed E-state index contributed by atoms with van der Waals surface area (Å²) in [6.07, 6.45) is -2.96. The summed E-state index contributed by atoms with van der Waals surface area (Å²) in [5.41, 5.74) is 4.04. The standard InChI is InChI=1S/C43H62O9Si/c1-28(2)53(29(3)4,30(5)6)51-27-39-43(50-26-35-16-22-38(47-11)23-17-35)40(48-24-33-12-18-36(45-9)19-13-33)31(7)41(52-39)42(32(8)44)49-25-34-14-20-37(46-10)21-15-34/h12-23,28-31,39-43H,24-27H2,1-11H3/t31-,39-,40-,41-,42-,43-/m1/s1. The first-order chi connectivity index (χ1) is 25.3. The highest BCUT2D eigenvalue weighted by atomic mass is 28.4. The quantitative estimate of drug-likeness (QED) is 0.105. The Balaban J connectivity index is 1.71. The summed E-state index contributed by atoms with van der Waals surface area (Å²) in [6.45, 7) is 18.5. The lowest BCUT2D eigenvalue weighted by molar-refractivity contribution is -0.256. The number of hydrogen-bond donors (Lipinski definition) is 0. The molecule has 0 saturated carbocycles. The van der Waals surface area contributed by atoms with Gasteiger partial charge in [-0.05, 0) is 76.6 Å². The number of carbonyl (C=O) groups is 1. The molecule has 0 N–H and O–H groups in total. The van der Waals surface area contributed by atoms with E-state index in [-0.39, 0.29) is 18.3 Å². The molecule has 4 rings (SSSR count). The van der Waals surface area contributed by atoms with Gasteiger partial charge in [0.2, 0.25) is 0 Å². The molecule has 6 atom stereocenters. The van der Waals surface area contributed by atoms with Crippen LogP contribution < -0.4 is 14.2 Å². The summed E-state index contributed by atoms with van der Waals surface area (Å²) in [4.78, 5) is 13.4. The largest absolute Gasteiger partial charge is 0.497 e. The zero-order chi connectivity index (χ0) is 38.7. The number of benzene rings is 3. The van der Waals surface area contributed by atoms with Crippen molar-refractivity contribution in [1.29, 1.82) is 0 Å². The van der Waals surface area contributed by atoms with Crippen LogP contribution in [0, 0.1) is 5.92 Å². The van der Waals surface area contributed by atoms with Crippen molar-refractivity contribution in [1.82, 2.24) is 0 Å². The second-order valence-electron chi connectivity index (χ2n) is 15.1. The molecule has 0 radical (unpaired) electrons. The van der Waals surface area contributed by atoms with E-state index >= 15 is 0 Å². The lowest BCUT2D eigenvalue weighted by Gasteiger charge is -2.49. The van der Waals surface area contributed by atoms with Gasteiger partial charge in [0.1, 0.15) is 35.6 Å². The molecule has 10 heteroatoms. The first-order valence-electron chi connectivity index (χ1n) is 18.9. The molecule has 1 heterocycles. The van der Waals surface area contributed by atoms with Crippen molar-refractivity contribution in [2.24, 2.45) is 5.92 Å². The van der Waals surface area contributed by atoms with Gasteiger partial charge in [-0.2, -0.15) is 0 Å². The molecular weight excluding hydrogens is 689 g/mol. The Hall–Kier alpha value is -3.25. The maximum Gasteiger partial charge on any atom is 0.200 e. The molecule has 1 aliphatic rings. The van der Waals surface area contributed by atoms with Crippen LogP contribution in [0.3, 0.4) is 0 Å². The molecule has 1 saturated heterocycles. The van der Waals surface area contributed by atoms with E-state index in [9.17, 15) is 4.79 Å². The molecule has 1 aliphatic heterocycles. The van der Waals surface area contributed by atoms with E-state index in [0.29, 0.717) is 36.4 Å². The molecule has 0 amide bonds. The van der Waals surface area contributed by atoms with E-state index in [1.807, 2.05) is 72.8 Å². The number of methoxy groups -OCH3 is 3. The van der Waals surface area contributed by atoms with Crippen molar-refractivity contribution in [3.05, 3.63) is 89.5 Å². The third-order valence-electron chi connectivity index (χ3n) is 10.8. The molecule has 9 nitrogen and oxygen atoms in total. The Labute approximate surface area is 318 Å². The lowest BCUT2D eigenvalue weighted by atomic mass is 9.84. The molecule has 0 aromatic heterocycles. The zero-order valence-electron chi connectivity index (χ0n) is 33.6. The monoisotopic (exact) mass is 750 g/mol. The van der Waals surface area contributed by atoms with Crippen LogP contribution in [-0.4, -0.2) is 72.6 Å². The summed E-state index contributed by atoms with van der Waals surface area (Å²) in [5.74, 6) is 1.91. The first-order valence-corrected chi connectivity index (χ1v) is 21.0. The van der Waals surface area contributed by atoms with E-state index in [4.69, 9.17) is 37.6 Å². The maximum absolute atomic E-state index is 13.4. The topological polar surface area (TPSA) is 90.9 Å². The van der Waals surface area contributed by atoms with Crippen LogP contribution in [0.5, 0.6) is 17.2 Å². The number of ketones is 1. The van der Waals surface area contributed by atoms with Gasteiger partial charge in [-0.3, -0.25) is 4.79 Å². The Morgan fingerprint density at radius 1 is 0.642 bits per heavy atom. The van der Waals surface area contributed by atoms with E-state index in [1.165, 1.54) is 0 Å². The Morgan fingerprint density at radius 3 is 1.42 bits per heavy atom. The van der Waals surface area contributed by atoms with Gasteiger partial charge in [0.15, 0.2) is 14.1 Å². The zero-order valence-corrected chi connectivity index (χ0v) is 34.6. The SMILES string of the molecule is COc1ccc(CO[C@@H]2[C@@H](C)[C@H]([C@H](OCc3ccc(OC)cc3)C(C)=O)O[C@H](CO[Si](C(C)C)(C(C)C)C(C)C)[C@H]2OCc2ccc(OC)cc2)cc1. The summed E-state index contributed by atoms with van der Waals surface area (Å²) < 4.78 is 50.4. The van der Waals surface area contributed by atoms with Crippen molar-refractivity contribution in [3.8, 4) is 17.2 Å². The van der Waals surface area contributed by atoms with Crippen LogP contribution in [0.25, 0.3) is 0 Å². The van der Waals surface area contributed by atoms with Crippen molar-refractivity contribution in [2.45, 2.75) is 122 Å². The number of carbonyl (C=O) groups excluding carboxylic acids is 1. The third-order valence-corrected chi connectivity index (χ3v) is 16.8. The van der Waals surface area contributed by atoms with E-state index < -0.39 is 38.8 Å². The minimum absolute atomic E-state index is 0.114. The number of hydrogen-bond acceptors (Lipinski definition) is 9. The van der Waals surface area contributed by atoms with Gasteiger partial charge in [-0.1, -0.05) is 84.9 Å². The van der Waals surface area contributed by atoms with Crippen LogP contribution in [0.1, 0.15) is 72.1 Å². The molecule has 292 valence electrons. The smallest absolute Gasteiger partial charge is 0.200 e. The highest BCUT2D eigenvalue weighted by molar-refractivity contribution is 6.77. The van der Waals surface area contributed by atoms with E-state index in [0.717, 1.165) is 33.9 Å². The van der Waals surface area contributed by atoms with Crippen molar-refractivity contribution in [3.63, 3.8) is 0 Å². The van der Waals surface area contributed by atoms with Gasteiger partial charge in [0, 0.05) is 5.92 Å². The highest BCUT2D eigenvalue weighted by Gasteiger charge is 2.51. The second kappa shape index (κ2) is 19.9. The van der Waals surface area contributed by atoms with Crippen molar-refractivity contribution < 1.29 is 42.4 Å². The molecule has 0 unspecified atom stereocenters. The van der Waals surface area contributed by atoms with Gasteiger partial charge in [0.05, 0.1) is 60.0 Å². The van der Waals surface area contributed by atoms with Gasteiger partial charge in [-0.15, -0.1) is 0 Å². The van der Waals surface area contributed by atoms with Gasteiger partial charge >= 0.3 is 0 Å². The van der Waals surface area contributed by atoms with Crippen LogP contribution in [0.4, 0.5) is 0 Å². The highest BCUT2D eigenvalue weighted by Crippen LogP contribution is 2.43. The van der Waals surface area contributed by atoms with Crippen LogP contribution in [-0.2, 0) is 48.0 Å². The third kappa shape index (κ3) is 10.7. The fraction of sp³-hybridized carbons (Fsp3) is 0.558. The maximum atomic E-state index is 13.4. The minimum Gasteiger partial charge on any atom is -0.497 e. The van der Waals surface area contributed by atoms with E-state index in [2.05, 4.69) is 48.5 Å². The fourth-order valence-electron chi connectivity index (χ4n) is 7.94. The molecule has 1 fully saturated rings. The predicted octanol–water partition coefficient (Wildman–Crippen LogP) is 8.95. The Kier molecular flexibility index (Phi) is 15.9. The van der Waals surface area contributed by atoms with Gasteiger partial charge < -0.3 is 37.6 Å². The van der Waals surface area contributed by atoms with Crippen molar-refractivity contribution in [2.75, 3.05) is 27.9 Å². The van der Waals surface area contributed by atoms with Crippen LogP contribution in [0.2, 0.25) is 16.6 Å². The average molecular weight is 751 g/mol. The normalized spacial score (nSPS) is 21.2. The average Bonchev–Trinajstić information content (AvgIpc) is 3.15. The number of ether oxygens (including phenoxy) is 7. The summed E-state index contributed by atoms with van der Waals surface area (Å²) in [5, 5.41) is 0. The second-order valence-corrected chi connectivity index (χ2v) is 20.5. The predicted molar refractivity (Wildman–Crippen MR) is 210 cm³/mol. The summed E-state index contributed by atoms with van der Waals surface area (Å²) in [7, 11) is 2.64. The fourth-order valence-corrected chi connectivity index (χ4v) is 13.4. The molecule has 0 aliphatic carbocycles. The molecule has 3 aromatic carbocycles. The lowest BCUT2D eigenvalue weighted by Crippen LogP contribution is -2.62. The molecule has 0 bridgehead atoms. The van der Waals surface area contributed by atoms with Crippen LogP contribution >= 0.6 is 0 Å². The summed E-state index contributed by atoms with van der Waals surface area (Å²) in [6, 6.07) is 23.4. The number of rotatable bonds is 20. The summed E-state index contributed by atoms with van der Waals surface area (Å²) >= 11 is 0. The molecule has 53 heavy (non-hydrogen) atoms. The number of Topliss-reactive ketones (excluding diaryl/α,β-unsaturated/α-hetero) is 1. The Morgan fingerprint density at radius 2 is 1.04 bits per heavy atom. The molecule has 3 aromatic rings. The first kappa shape index (κ1) is 42.5.